The lowest BCUT2D eigenvalue weighted by Crippen LogP contribution is -2.28. The lowest BCUT2D eigenvalue weighted by Gasteiger charge is -2.21. The van der Waals surface area contributed by atoms with Gasteiger partial charge in [0, 0.05) is 36.1 Å². The molecule has 0 aliphatic carbocycles. The van der Waals surface area contributed by atoms with E-state index in [1.54, 1.807) is 0 Å². The molecule has 1 atom stereocenters. The van der Waals surface area contributed by atoms with Crippen molar-refractivity contribution in [3.8, 4) is 0 Å². The summed E-state index contributed by atoms with van der Waals surface area (Å²) in [6.45, 7) is 5.92. The first-order valence-electron chi connectivity index (χ1n) is 7.31. The normalized spacial score (nSPS) is 18.0. The van der Waals surface area contributed by atoms with Crippen LogP contribution in [0.5, 0.6) is 0 Å². The average molecular weight is 283 g/mol. The smallest absolute Gasteiger partial charge is 0.229 e. The van der Waals surface area contributed by atoms with Crippen molar-refractivity contribution in [2.45, 2.75) is 26.3 Å². The van der Waals surface area contributed by atoms with Gasteiger partial charge in [-0.15, -0.1) is 0 Å². The van der Waals surface area contributed by atoms with Crippen LogP contribution in [0.15, 0.2) is 30.3 Å². The molecule has 0 radical (unpaired) electrons. The van der Waals surface area contributed by atoms with E-state index < -0.39 is 0 Å². The highest BCUT2D eigenvalue weighted by molar-refractivity contribution is 5.58. The molecule has 2 aromatic rings. The number of aromatic nitrogens is 2. The number of nitrogens with one attached hydrogen (secondary N) is 1. The Bertz CT molecular complexity index is 626. The first-order valence-corrected chi connectivity index (χ1v) is 7.31. The maximum atomic E-state index is 6.01. The Morgan fingerprint density at radius 1 is 1.19 bits per heavy atom. The maximum Gasteiger partial charge on any atom is 0.229 e. The molecule has 0 saturated carbocycles. The van der Waals surface area contributed by atoms with Crippen LogP contribution in [0.1, 0.15) is 17.7 Å². The van der Waals surface area contributed by atoms with E-state index in [0.29, 0.717) is 5.95 Å². The number of para-hydroxylation sites is 1. The fourth-order valence-corrected chi connectivity index (χ4v) is 2.61. The minimum absolute atomic E-state index is 0.241. The average Bonchev–Trinajstić information content (AvgIpc) is 2.90. The van der Waals surface area contributed by atoms with E-state index in [2.05, 4.69) is 22.1 Å². The number of nitrogens with zero attached hydrogens (tertiary/aromatic N) is 3. The first-order chi connectivity index (χ1) is 10.1. The summed E-state index contributed by atoms with van der Waals surface area (Å²) in [5.74, 6) is 1.63. The zero-order valence-corrected chi connectivity index (χ0v) is 12.5. The Labute approximate surface area is 125 Å². The summed E-state index contributed by atoms with van der Waals surface area (Å²) >= 11 is 0. The van der Waals surface area contributed by atoms with Crippen molar-refractivity contribution in [2.24, 2.45) is 5.73 Å². The summed E-state index contributed by atoms with van der Waals surface area (Å²) in [5.41, 5.74) is 9.13. The van der Waals surface area contributed by atoms with E-state index >= 15 is 0 Å². The molecular weight excluding hydrogens is 262 g/mol. The molecule has 1 fully saturated rings. The Balaban J connectivity index is 1.90. The van der Waals surface area contributed by atoms with Crippen molar-refractivity contribution in [1.82, 2.24) is 9.97 Å². The summed E-state index contributed by atoms with van der Waals surface area (Å²) < 4.78 is 0. The number of aryl methyl sites for hydroxylation is 1. The van der Waals surface area contributed by atoms with Crippen molar-refractivity contribution in [3.63, 3.8) is 0 Å². The van der Waals surface area contributed by atoms with Gasteiger partial charge in [-0.2, -0.15) is 4.98 Å². The molecule has 3 rings (SSSR count). The monoisotopic (exact) mass is 283 g/mol. The van der Waals surface area contributed by atoms with Crippen LogP contribution in [-0.2, 0) is 0 Å². The van der Waals surface area contributed by atoms with Gasteiger partial charge in [0.2, 0.25) is 5.95 Å². The van der Waals surface area contributed by atoms with Crippen LogP contribution in [0, 0.1) is 13.8 Å². The fraction of sp³-hybridized carbons (Fsp3) is 0.375. The Morgan fingerprint density at radius 3 is 2.62 bits per heavy atom. The van der Waals surface area contributed by atoms with Crippen molar-refractivity contribution >= 4 is 17.5 Å². The van der Waals surface area contributed by atoms with E-state index in [9.17, 15) is 0 Å². The molecule has 5 heteroatoms. The summed E-state index contributed by atoms with van der Waals surface area (Å²) in [6.07, 6.45) is 1.02. The van der Waals surface area contributed by atoms with Gasteiger partial charge < -0.3 is 16.0 Å². The van der Waals surface area contributed by atoms with Crippen LogP contribution in [0.25, 0.3) is 0 Å². The van der Waals surface area contributed by atoms with E-state index in [1.807, 2.05) is 37.3 Å². The first kappa shape index (κ1) is 13.8. The third-order valence-corrected chi connectivity index (χ3v) is 3.92. The zero-order chi connectivity index (χ0) is 14.8. The summed E-state index contributed by atoms with van der Waals surface area (Å²) in [5, 5.41) is 3.27. The molecule has 1 aliphatic heterocycles. The summed E-state index contributed by atoms with van der Waals surface area (Å²) in [6, 6.07) is 10.2. The molecule has 2 heterocycles. The predicted octanol–water partition coefficient (Wildman–Crippen LogP) is 2.37. The third-order valence-electron chi connectivity index (χ3n) is 3.92. The lowest BCUT2D eigenvalue weighted by atomic mass is 10.2. The van der Waals surface area contributed by atoms with Gasteiger partial charge in [0.15, 0.2) is 0 Å². The van der Waals surface area contributed by atoms with Gasteiger partial charge >= 0.3 is 0 Å². The Hall–Kier alpha value is -2.14. The van der Waals surface area contributed by atoms with Crippen molar-refractivity contribution in [2.75, 3.05) is 23.3 Å². The van der Waals surface area contributed by atoms with Crippen molar-refractivity contribution < 1.29 is 0 Å². The largest absolute Gasteiger partial charge is 0.355 e. The van der Waals surface area contributed by atoms with Crippen molar-refractivity contribution in [1.29, 1.82) is 0 Å². The van der Waals surface area contributed by atoms with E-state index in [0.717, 1.165) is 42.3 Å². The maximum absolute atomic E-state index is 6.01. The molecule has 1 saturated heterocycles. The summed E-state index contributed by atoms with van der Waals surface area (Å²) in [7, 11) is 0. The molecule has 5 nitrogen and oxygen atoms in total. The van der Waals surface area contributed by atoms with Crippen molar-refractivity contribution in [3.05, 3.63) is 41.6 Å². The van der Waals surface area contributed by atoms with Crippen LogP contribution in [0.2, 0.25) is 0 Å². The van der Waals surface area contributed by atoms with Crippen LogP contribution >= 0.6 is 0 Å². The highest BCUT2D eigenvalue weighted by Gasteiger charge is 2.23. The highest BCUT2D eigenvalue weighted by atomic mass is 15.3. The second-order valence-electron chi connectivity index (χ2n) is 5.57. The van der Waals surface area contributed by atoms with E-state index in [1.165, 1.54) is 0 Å². The van der Waals surface area contributed by atoms with Crippen LogP contribution in [0.3, 0.4) is 0 Å². The van der Waals surface area contributed by atoms with Gasteiger partial charge in [-0.05, 0) is 32.4 Å². The Kier molecular flexibility index (Phi) is 3.75. The predicted molar refractivity (Wildman–Crippen MR) is 86.0 cm³/mol. The third kappa shape index (κ3) is 2.97. The van der Waals surface area contributed by atoms with Crippen LogP contribution in [-0.4, -0.2) is 29.1 Å². The number of rotatable bonds is 3. The van der Waals surface area contributed by atoms with Gasteiger partial charge in [-0.3, -0.25) is 0 Å². The molecule has 1 aromatic carbocycles. The fourth-order valence-electron chi connectivity index (χ4n) is 2.61. The molecule has 0 spiro atoms. The van der Waals surface area contributed by atoms with Gasteiger partial charge in [-0.1, -0.05) is 18.2 Å². The van der Waals surface area contributed by atoms with Crippen LogP contribution in [0.4, 0.5) is 17.5 Å². The number of benzene rings is 1. The van der Waals surface area contributed by atoms with Crippen LogP contribution < -0.4 is 16.0 Å². The topological polar surface area (TPSA) is 67.1 Å². The van der Waals surface area contributed by atoms with Gasteiger partial charge in [0.05, 0.1) is 0 Å². The number of hydrogen-bond donors (Lipinski definition) is 2. The minimum Gasteiger partial charge on any atom is -0.355 e. The van der Waals surface area contributed by atoms with E-state index in [-0.39, 0.29) is 6.04 Å². The molecule has 0 amide bonds. The number of nitrogens with two attached hydrogens (primary N) is 1. The standard InChI is InChI=1S/C16H21N5/c1-11-12(2)18-16(19-14-6-4-3-5-7-14)20-15(11)21-9-8-13(17)10-21/h3-7,13H,8-10,17H2,1-2H3,(H,18,19,20). The number of anilines is 3. The number of hydrogen-bond acceptors (Lipinski definition) is 5. The second kappa shape index (κ2) is 5.69. The summed E-state index contributed by atoms with van der Waals surface area (Å²) in [4.78, 5) is 11.5. The zero-order valence-electron chi connectivity index (χ0n) is 12.5. The highest BCUT2D eigenvalue weighted by Crippen LogP contribution is 2.25. The van der Waals surface area contributed by atoms with Gasteiger partial charge in [0.25, 0.3) is 0 Å². The second-order valence-corrected chi connectivity index (χ2v) is 5.57. The molecule has 0 bridgehead atoms. The molecular formula is C16H21N5. The SMILES string of the molecule is Cc1nc(Nc2ccccc2)nc(N2CCC(N)C2)c1C. The van der Waals surface area contributed by atoms with Gasteiger partial charge in [0.1, 0.15) is 5.82 Å². The Morgan fingerprint density at radius 2 is 1.95 bits per heavy atom. The molecule has 1 aliphatic rings. The minimum atomic E-state index is 0.241. The molecule has 1 unspecified atom stereocenters. The quantitative estimate of drug-likeness (QED) is 0.905. The molecule has 3 N–H and O–H groups in total. The lowest BCUT2D eigenvalue weighted by molar-refractivity contribution is 0.751. The molecule has 1 aromatic heterocycles. The van der Waals surface area contributed by atoms with E-state index in [4.69, 9.17) is 10.7 Å². The van der Waals surface area contributed by atoms with Gasteiger partial charge in [-0.25, -0.2) is 4.98 Å². The molecule has 110 valence electrons. The molecule has 21 heavy (non-hydrogen) atoms.